The van der Waals surface area contributed by atoms with Crippen LogP contribution < -0.4 is 4.74 Å². The van der Waals surface area contributed by atoms with Gasteiger partial charge >= 0.3 is 12.1 Å². The van der Waals surface area contributed by atoms with Gasteiger partial charge in [0, 0.05) is 19.1 Å². The Balaban J connectivity index is 2.56. The van der Waals surface area contributed by atoms with Crippen LogP contribution in [0, 0.1) is 26.1 Å². The third-order valence-electron chi connectivity index (χ3n) is 2.83. The first-order valence-electron chi connectivity index (χ1n) is 7.24. The van der Waals surface area contributed by atoms with Crippen LogP contribution in [-0.2, 0) is 19.1 Å². The number of nitrogens with zero attached hydrogens (tertiary/aromatic N) is 2. The molecule has 0 saturated heterocycles. The minimum Gasteiger partial charge on any atom is -0.424 e. The Labute approximate surface area is 146 Å². The predicted molar refractivity (Wildman–Crippen MR) is 82.5 cm³/mol. The van der Waals surface area contributed by atoms with E-state index in [0.717, 1.165) is 12.1 Å². The Kier molecular flexibility index (Phi) is 7.25. The van der Waals surface area contributed by atoms with E-state index in [1.54, 1.807) is 0 Å². The fraction of sp³-hybridized carbons (Fsp3) is 0.429. The molecule has 0 fully saturated rings. The second-order valence-corrected chi connectivity index (χ2v) is 5.22. The molecule has 2 unspecified atom stereocenters. The molecule has 2 atom stereocenters. The summed E-state index contributed by atoms with van der Waals surface area (Å²) in [5.74, 6) is -1.68. The molecule has 0 saturated carbocycles. The first-order valence-corrected chi connectivity index (χ1v) is 7.24. The highest BCUT2D eigenvalue weighted by molar-refractivity contribution is 5.75. The van der Waals surface area contributed by atoms with E-state index in [-0.39, 0.29) is 11.4 Å². The van der Waals surface area contributed by atoms with Crippen LogP contribution in [-0.4, -0.2) is 34.5 Å². The molecule has 0 N–H and O–H groups in total. The van der Waals surface area contributed by atoms with Gasteiger partial charge in [0.25, 0.3) is 10.8 Å². The number of carbonyl (C=O) groups is 2. The third kappa shape index (κ3) is 6.59. The van der Waals surface area contributed by atoms with Crippen molar-refractivity contribution in [3.05, 3.63) is 44.5 Å². The summed E-state index contributed by atoms with van der Waals surface area (Å²) in [6.07, 6.45) is -4.14. The predicted octanol–water partition coefficient (Wildman–Crippen LogP) is 2.23. The zero-order valence-corrected chi connectivity index (χ0v) is 14.0. The van der Waals surface area contributed by atoms with Crippen LogP contribution in [0.15, 0.2) is 24.3 Å². The van der Waals surface area contributed by atoms with Crippen molar-refractivity contribution in [2.75, 3.05) is 0 Å². The maximum absolute atomic E-state index is 11.8. The summed E-state index contributed by atoms with van der Waals surface area (Å²) in [7, 11) is 0. The van der Waals surface area contributed by atoms with Gasteiger partial charge in [0.1, 0.15) is 5.75 Å². The van der Waals surface area contributed by atoms with Gasteiger partial charge in [0.15, 0.2) is 0 Å². The molecule has 0 aliphatic carbocycles. The van der Waals surface area contributed by atoms with E-state index in [2.05, 4.69) is 9.57 Å². The number of hydrogen-bond donors (Lipinski definition) is 0. The molecule has 0 aliphatic rings. The van der Waals surface area contributed by atoms with Gasteiger partial charge in [-0.2, -0.15) is 0 Å². The van der Waals surface area contributed by atoms with Gasteiger partial charge in [-0.25, -0.2) is 9.59 Å². The number of rotatable bonds is 8. The topological polar surface area (TPSA) is 157 Å². The Hall–Kier alpha value is -3.44. The van der Waals surface area contributed by atoms with Gasteiger partial charge in [-0.3, -0.25) is 15.0 Å². The minimum atomic E-state index is -1.48. The van der Waals surface area contributed by atoms with Gasteiger partial charge < -0.3 is 14.2 Å². The first kappa shape index (κ1) is 20.6. The van der Waals surface area contributed by atoms with Crippen LogP contribution in [0.4, 0.5) is 10.5 Å². The highest BCUT2D eigenvalue weighted by atomic mass is 17.0. The number of carbonyl (C=O) groups excluding carboxylic acids is 2. The fourth-order valence-electron chi connectivity index (χ4n) is 1.68. The average molecular weight is 372 g/mol. The molecular weight excluding hydrogens is 356 g/mol. The van der Waals surface area contributed by atoms with Crippen molar-refractivity contribution in [1.29, 1.82) is 0 Å². The zero-order valence-electron chi connectivity index (χ0n) is 14.0. The Morgan fingerprint density at radius 1 is 1.00 bits per heavy atom. The smallest absolute Gasteiger partial charge is 0.424 e. The lowest BCUT2D eigenvalue weighted by molar-refractivity contribution is -0.766. The molecule has 1 rings (SSSR count). The highest BCUT2D eigenvalue weighted by Gasteiger charge is 2.30. The monoisotopic (exact) mass is 372 g/mol. The standard InChI is InChI=1S/C14H16N2O10/c1-8(2)12(26-16(21)22)13(17)23-9(3)24-14(18)25-11-6-4-10(5-7-11)15(19)20/h4-9,12H,1-3H3. The molecule has 0 spiro atoms. The van der Waals surface area contributed by atoms with E-state index < -0.39 is 40.4 Å². The number of esters is 1. The molecule has 0 aliphatic heterocycles. The normalized spacial score (nSPS) is 12.6. The molecule has 0 amide bonds. The van der Waals surface area contributed by atoms with Crippen LogP contribution >= 0.6 is 0 Å². The maximum atomic E-state index is 11.8. The lowest BCUT2D eigenvalue weighted by Crippen LogP contribution is -2.36. The molecule has 0 aromatic heterocycles. The molecule has 1 aromatic carbocycles. The maximum Gasteiger partial charge on any atom is 0.516 e. The number of ether oxygens (including phenoxy) is 3. The van der Waals surface area contributed by atoms with E-state index in [1.165, 1.54) is 32.9 Å². The summed E-state index contributed by atoms with van der Waals surface area (Å²) in [5.41, 5.74) is -0.196. The molecule has 12 heteroatoms. The molecule has 0 heterocycles. The van der Waals surface area contributed by atoms with Crippen molar-refractivity contribution in [2.45, 2.75) is 33.2 Å². The highest BCUT2D eigenvalue weighted by Crippen LogP contribution is 2.18. The van der Waals surface area contributed by atoms with E-state index in [1.807, 2.05) is 0 Å². The lowest BCUT2D eigenvalue weighted by Gasteiger charge is -2.20. The SMILES string of the molecule is CC(OC(=O)Oc1ccc([N+](=O)[O-])cc1)OC(=O)C(O[N+](=O)[O-])C(C)C. The van der Waals surface area contributed by atoms with Gasteiger partial charge in [-0.05, 0) is 18.1 Å². The first-order chi connectivity index (χ1) is 12.1. The second kappa shape index (κ2) is 9.15. The summed E-state index contributed by atoms with van der Waals surface area (Å²) in [6.45, 7) is 4.20. The lowest BCUT2D eigenvalue weighted by atomic mass is 10.1. The van der Waals surface area contributed by atoms with Crippen molar-refractivity contribution in [3.8, 4) is 5.75 Å². The molecule has 1 aromatic rings. The number of hydrogen-bond acceptors (Lipinski definition) is 10. The van der Waals surface area contributed by atoms with E-state index >= 15 is 0 Å². The van der Waals surface area contributed by atoms with Crippen LogP contribution in [0.2, 0.25) is 0 Å². The molecule has 0 bridgehead atoms. The largest absolute Gasteiger partial charge is 0.516 e. The Morgan fingerprint density at radius 2 is 1.58 bits per heavy atom. The van der Waals surface area contributed by atoms with Crippen molar-refractivity contribution in [1.82, 2.24) is 0 Å². The van der Waals surface area contributed by atoms with Crippen LogP contribution in [0.1, 0.15) is 20.8 Å². The van der Waals surface area contributed by atoms with E-state index in [4.69, 9.17) is 9.47 Å². The van der Waals surface area contributed by atoms with Crippen LogP contribution in [0.5, 0.6) is 5.75 Å². The molecule has 26 heavy (non-hydrogen) atoms. The Morgan fingerprint density at radius 3 is 2.04 bits per heavy atom. The number of nitro benzene ring substituents is 1. The fourth-order valence-corrected chi connectivity index (χ4v) is 1.68. The van der Waals surface area contributed by atoms with E-state index in [0.29, 0.717) is 0 Å². The van der Waals surface area contributed by atoms with Crippen molar-refractivity contribution in [3.63, 3.8) is 0 Å². The summed E-state index contributed by atoms with van der Waals surface area (Å²) < 4.78 is 14.2. The van der Waals surface area contributed by atoms with E-state index in [9.17, 15) is 29.8 Å². The summed E-state index contributed by atoms with van der Waals surface area (Å²) >= 11 is 0. The number of nitro groups is 1. The van der Waals surface area contributed by atoms with Gasteiger partial charge in [0.2, 0.25) is 12.4 Å². The van der Waals surface area contributed by atoms with Gasteiger partial charge in [-0.1, -0.05) is 13.8 Å². The van der Waals surface area contributed by atoms with Crippen molar-refractivity contribution < 1.29 is 38.6 Å². The number of benzene rings is 1. The zero-order chi connectivity index (χ0) is 19.9. The summed E-state index contributed by atoms with van der Waals surface area (Å²) in [4.78, 5) is 47.9. The molecular formula is C14H16N2O10. The van der Waals surface area contributed by atoms with Crippen LogP contribution in [0.25, 0.3) is 0 Å². The average Bonchev–Trinajstić information content (AvgIpc) is 2.52. The second-order valence-electron chi connectivity index (χ2n) is 5.22. The van der Waals surface area contributed by atoms with Crippen molar-refractivity contribution in [2.24, 2.45) is 5.92 Å². The van der Waals surface area contributed by atoms with Gasteiger partial charge in [-0.15, -0.1) is 10.1 Å². The minimum absolute atomic E-state index is 0.0316. The van der Waals surface area contributed by atoms with Crippen molar-refractivity contribution >= 4 is 17.8 Å². The Bertz CT molecular complexity index is 673. The summed E-state index contributed by atoms with van der Waals surface area (Å²) in [6, 6.07) is 4.59. The molecule has 12 nitrogen and oxygen atoms in total. The van der Waals surface area contributed by atoms with Crippen LogP contribution in [0.3, 0.4) is 0 Å². The quantitative estimate of drug-likeness (QED) is 0.218. The molecule has 0 radical (unpaired) electrons. The van der Waals surface area contributed by atoms with Gasteiger partial charge in [0.05, 0.1) is 4.92 Å². The third-order valence-corrected chi connectivity index (χ3v) is 2.83. The molecule has 142 valence electrons. The number of non-ortho nitro benzene ring substituents is 1. The summed E-state index contributed by atoms with van der Waals surface area (Å²) in [5, 5.41) is 19.8.